The summed E-state index contributed by atoms with van der Waals surface area (Å²) in [6.45, 7) is 0.0887. The van der Waals surface area contributed by atoms with Gasteiger partial charge >= 0.3 is 0 Å². The zero-order valence-electron chi connectivity index (χ0n) is 15.8. The smallest absolute Gasteiger partial charge is 0.286 e. The lowest BCUT2D eigenvalue weighted by atomic mass is 10.1. The molecule has 10 heteroatoms. The lowest BCUT2D eigenvalue weighted by Gasteiger charge is -2.11. The highest BCUT2D eigenvalue weighted by Crippen LogP contribution is 2.28. The van der Waals surface area contributed by atoms with Crippen LogP contribution in [0.15, 0.2) is 47.4 Å². The van der Waals surface area contributed by atoms with Crippen LogP contribution < -0.4 is 19.5 Å². The molecule has 0 aliphatic carbocycles. The first-order valence-corrected chi connectivity index (χ1v) is 11.0. The molecule has 29 heavy (non-hydrogen) atoms. The Labute approximate surface area is 173 Å². The molecule has 1 fully saturated rings. The van der Waals surface area contributed by atoms with Gasteiger partial charge in [0.05, 0.1) is 24.4 Å². The van der Waals surface area contributed by atoms with Crippen LogP contribution in [0, 0.1) is 0 Å². The van der Waals surface area contributed by atoms with Crippen molar-refractivity contribution in [2.75, 3.05) is 14.2 Å². The Kier molecular flexibility index (Phi) is 6.46. The summed E-state index contributed by atoms with van der Waals surface area (Å²) < 4.78 is 38.0. The van der Waals surface area contributed by atoms with E-state index in [9.17, 15) is 18.0 Å². The predicted molar refractivity (Wildman–Crippen MR) is 109 cm³/mol. The first-order valence-electron chi connectivity index (χ1n) is 8.63. The van der Waals surface area contributed by atoms with Crippen LogP contribution in [0.5, 0.6) is 11.5 Å². The van der Waals surface area contributed by atoms with Gasteiger partial charge in [0.2, 0.25) is 15.9 Å². The number of imide groups is 1. The van der Waals surface area contributed by atoms with Gasteiger partial charge in [0, 0.05) is 6.54 Å². The third kappa shape index (κ3) is 5.08. The summed E-state index contributed by atoms with van der Waals surface area (Å²) in [6, 6.07) is 11.4. The number of rotatable bonds is 8. The van der Waals surface area contributed by atoms with Gasteiger partial charge in [-0.15, -0.1) is 0 Å². The van der Waals surface area contributed by atoms with Gasteiger partial charge in [-0.05, 0) is 41.8 Å². The van der Waals surface area contributed by atoms with Crippen molar-refractivity contribution in [1.29, 1.82) is 0 Å². The number of carbonyl (C=O) groups is 2. The fourth-order valence-electron chi connectivity index (χ4n) is 2.80. The van der Waals surface area contributed by atoms with Crippen molar-refractivity contribution in [2.45, 2.75) is 23.1 Å². The maximum Gasteiger partial charge on any atom is 0.286 e. The number of amides is 2. The summed E-state index contributed by atoms with van der Waals surface area (Å²) in [5.74, 6) is 0.750. The quantitative estimate of drug-likeness (QED) is 0.652. The van der Waals surface area contributed by atoms with E-state index in [0.717, 1.165) is 22.9 Å². The van der Waals surface area contributed by atoms with E-state index >= 15 is 0 Å². The Morgan fingerprint density at radius 1 is 1.00 bits per heavy atom. The summed E-state index contributed by atoms with van der Waals surface area (Å²) >= 11 is 0.940. The number of hydrogen-bond acceptors (Lipinski definition) is 7. The number of carbonyl (C=O) groups excluding carboxylic acids is 2. The van der Waals surface area contributed by atoms with Gasteiger partial charge in [0.15, 0.2) is 11.5 Å². The fraction of sp³-hybridized carbons (Fsp3) is 0.263. The van der Waals surface area contributed by atoms with Crippen molar-refractivity contribution < 1.29 is 27.5 Å². The third-order valence-corrected chi connectivity index (χ3v) is 6.73. The highest BCUT2D eigenvalue weighted by Gasteiger charge is 2.31. The van der Waals surface area contributed by atoms with E-state index in [1.165, 1.54) is 26.4 Å². The van der Waals surface area contributed by atoms with Crippen molar-refractivity contribution >= 4 is 32.9 Å². The minimum absolute atomic E-state index is 0.0887. The molecule has 1 unspecified atom stereocenters. The highest BCUT2D eigenvalue weighted by atomic mass is 32.2. The number of thioether (sulfide) groups is 1. The van der Waals surface area contributed by atoms with E-state index in [2.05, 4.69) is 10.0 Å². The summed E-state index contributed by atoms with van der Waals surface area (Å²) in [5, 5.41) is 1.38. The molecule has 1 atom stereocenters. The predicted octanol–water partition coefficient (Wildman–Crippen LogP) is 2.08. The average Bonchev–Trinajstić information content (AvgIpc) is 3.03. The first-order chi connectivity index (χ1) is 13.8. The van der Waals surface area contributed by atoms with Gasteiger partial charge in [-0.25, -0.2) is 13.1 Å². The molecule has 1 aliphatic rings. The normalized spacial score (nSPS) is 16.6. The maximum absolute atomic E-state index is 12.6. The van der Waals surface area contributed by atoms with E-state index in [0.29, 0.717) is 17.9 Å². The van der Waals surface area contributed by atoms with Gasteiger partial charge in [0.25, 0.3) is 5.24 Å². The van der Waals surface area contributed by atoms with Crippen LogP contribution in [0.3, 0.4) is 0 Å². The molecule has 1 heterocycles. The van der Waals surface area contributed by atoms with Gasteiger partial charge in [0.1, 0.15) is 0 Å². The molecule has 1 saturated heterocycles. The van der Waals surface area contributed by atoms with Gasteiger partial charge in [-0.1, -0.05) is 30.0 Å². The molecular formula is C19H20N2O6S2. The average molecular weight is 437 g/mol. The van der Waals surface area contributed by atoms with E-state index in [1.54, 1.807) is 30.3 Å². The second-order valence-electron chi connectivity index (χ2n) is 6.25. The number of sulfonamides is 1. The summed E-state index contributed by atoms with van der Waals surface area (Å²) in [4.78, 5) is 23.0. The minimum Gasteiger partial charge on any atom is -0.493 e. The zero-order chi connectivity index (χ0) is 21.0. The molecule has 2 amide bonds. The second kappa shape index (κ2) is 8.85. The van der Waals surface area contributed by atoms with Crippen LogP contribution in [0.1, 0.15) is 11.1 Å². The molecule has 154 valence electrons. The summed E-state index contributed by atoms with van der Waals surface area (Å²) in [5.41, 5.74) is 1.49. The second-order valence-corrected chi connectivity index (χ2v) is 9.19. The monoisotopic (exact) mass is 436 g/mol. The van der Waals surface area contributed by atoms with Crippen LogP contribution in [-0.2, 0) is 27.8 Å². The standard InChI is InChI=1S/C19H20N2O6S2/c1-26-15-8-5-13(9-16(15)27-2)11-20-29(24,25)14-6-3-12(4-7-14)10-17-18(22)21-19(23)28-17/h3-9,17,20H,10-11H2,1-2H3,(H,21,22,23). The third-order valence-electron chi connectivity index (χ3n) is 4.34. The largest absolute Gasteiger partial charge is 0.493 e. The van der Waals surface area contributed by atoms with E-state index < -0.39 is 15.3 Å². The Morgan fingerprint density at radius 3 is 2.24 bits per heavy atom. The van der Waals surface area contributed by atoms with Crippen molar-refractivity contribution in [3.05, 3.63) is 53.6 Å². The topological polar surface area (TPSA) is 111 Å². The van der Waals surface area contributed by atoms with Crippen LogP contribution in [0.4, 0.5) is 4.79 Å². The van der Waals surface area contributed by atoms with E-state index in [-0.39, 0.29) is 22.6 Å². The van der Waals surface area contributed by atoms with Gasteiger partial charge in [-0.2, -0.15) is 0 Å². The van der Waals surface area contributed by atoms with Crippen molar-refractivity contribution in [3.63, 3.8) is 0 Å². The summed E-state index contributed by atoms with van der Waals surface area (Å²) in [6.07, 6.45) is 0.349. The van der Waals surface area contributed by atoms with Crippen LogP contribution >= 0.6 is 11.8 Å². The van der Waals surface area contributed by atoms with Crippen molar-refractivity contribution in [2.24, 2.45) is 0 Å². The van der Waals surface area contributed by atoms with E-state index in [4.69, 9.17) is 9.47 Å². The maximum atomic E-state index is 12.6. The van der Waals surface area contributed by atoms with E-state index in [1.807, 2.05) is 0 Å². The molecule has 3 rings (SSSR count). The lowest BCUT2D eigenvalue weighted by molar-refractivity contribution is -0.118. The van der Waals surface area contributed by atoms with Crippen LogP contribution in [-0.4, -0.2) is 39.0 Å². The van der Waals surface area contributed by atoms with Crippen LogP contribution in [0.25, 0.3) is 0 Å². The Bertz CT molecular complexity index is 1020. The molecule has 0 bridgehead atoms. The first kappa shape index (κ1) is 21.2. The Hall–Kier alpha value is -2.56. The SMILES string of the molecule is COc1ccc(CNS(=O)(=O)c2ccc(CC3SC(=O)NC3=O)cc2)cc1OC. The molecular weight excluding hydrogens is 416 g/mol. The molecule has 8 nitrogen and oxygen atoms in total. The molecule has 0 aromatic heterocycles. The number of nitrogens with one attached hydrogen (secondary N) is 2. The number of ether oxygens (including phenoxy) is 2. The Morgan fingerprint density at radius 2 is 1.66 bits per heavy atom. The minimum atomic E-state index is -3.72. The zero-order valence-corrected chi connectivity index (χ0v) is 17.4. The molecule has 0 spiro atoms. The number of benzene rings is 2. The fourth-order valence-corrected chi connectivity index (χ4v) is 4.68. The lowest BCUT2D eigenvalue weighted by Crippen LogP contribution is -2.25. The van der Waals surface area contributed by atoms with Gasteiger partial charge in [-0.3, -0.25) is 14.9 Å². The van der Waals surface area contributed by atoms with Gasteiger partial charge < -0.3 is 9.47 Å². The van der Waals surface area contributed by atoms with Crippen LogP contribution in [0.2, 0.25) is 0 Å². The molecule has 2 N–H and O–H groups in total. The number of hydrogen-bond donors (Lipinski definition) is 2. The molecule has 2 aromatic rings. The van der Waals surface area contributed by atoms with Crippen molar-refractivity contribution in [1.82, 2.24) is 10.0 Å². The molecule has 0 radical (unpaired) electrons. The van der Waals surface area contributed by atoms with Crippen molar-refractivity contribution in [3.8, 4) is 11.5 Å². The molecule has 0 saturated carbocycles. The highest BCUT2D eigenvalue weighted by molar-refractivity contribution is 8.15. The Balaban J connectivity index is 1.65. The summed E-state index contributed by atoms with van der Waals surface area (Å²) in [7, 11) is -0.680. The molecule has 1 aliphatic heterocycles. The molecule has 2 aromatic carbocycles. The number of methoxy groups -OCH3 is 2.